The van der Waals surface area contributed by atoms with Crippen LogP contribution in [0.5, 0.6) is 0 Å². The summed E-state index contributed by atoms with van der Waals surface area (Å²) >= 11 is 0. The number of esters is 2. The number of nitrogen functional groups attached to an aromatic ring is 1. The van der Waals surface area contributed by atoms with Gasteiger partial charge in [-0.2, -0.15) is 0 Å². The summed E-state index contributed by atoms with van der Waals surface area (Å²) in [7, 11) is 5.61. The van der Waals surface area contributed by atoms with E-state index in [1.165, 1.54) is 80.7 Å². The second kappa shape index (κ2) is 28.2. The number of hydrogen-bond donors (Lipinski definition) is 5. The molecule has 10 unspecified atom stereocenters. The number of likely N-dealkylation sites (N-methyl/N-ethyl adjacent to an activating group) is 4. The van der Waals surface area contributed by atoms with E-state index in [2.05, 4.69) is 21.3 Å². The van der Waals surface area contributed by atoms with E-state index in [-0.39, 0.29) is 59.6 Å². The number of carbonyl (C=O) groups excluding carboxylic acids is 12. The van der Waals surface area contributed by atoms with Crippen molar-refractivity contribution in [3.8, 4) is 11.5 Å². The first-order chi connectivity index (χ1) is 42.6. The first kappa shape index (κ1) is 69.7. The van der Waals surface area contributed by atoms with Crippen LogP contribution in [-0.4, -0.2) is 220 Å². The molecule has 1 aliphatic carbocycles. The molecule has 0 saturated carbocycles. The number of carbonyl (C=O) groups is 12. The number of ether oxygens (including phenoxy) is 2. The molecular weight excluding hydrogens is 1180 g/mol. The van der Waals surface area contributed by atoms with E-state index in [9.17, 15) is 52.7 Å². The summed E-state index contributed by atoms with van der Waals surface area (Å²) in [4.78, 5) is 199. The van der Waals surface area contributed by atoms with E-state index in [1.807, 2.05) is 0 Å². The van der Waals surface area contributed by atoms with Crippen molar-refractivity contribution in [1.82, 2.24) is 55.7 Å². The molecule has 496 valence electrons. The third-order valence-electron chi connectivity index (χ3n) is 17.9. The summed E-state index contributed by atoms with van der Waals surface area (Å²) in [5, 5.41) is 10.9. The van der Waals surface area contributed by atoms with Gasteiger partial charge >= 0.3 is 11.9 Å². The number of aryl methyl sites for hydroxylation is 1. The van der Waals surface area contributed by atoms with Crippen molar-refractivity contribution in [3.63, 3.8) is 0 Å². The number of nitrogens with two attached hydrogens (primary N) is 1. The highest BCUT2D eigenvalue weighted by Gasteiger charge is 2.46. The van der Waals surface area contributed by atoms with Gasteiger partial charge in [0.15, 0.2) is 11.3 Å². The lowest BCUT2D eigenvalue weighted by atomic mass is 9.98. The number of rotatable bonds is 8. The first-order valence-corrected chi connectivity index (χ1v) is 31.0. The molecule has 1 aromatic rings. The minimum Gasteiger partial charge on any atom is -0.458 e. The minimum absolute atomic E-state index is 0.0644. The molecule has 6 N–H and O–H groups in total. The number of fused-ring (bicyclic) bond motifs is 4. The molecule has 1 aromatic carbocycles. The Morgan fingerprint density at radius 3 is 1.60 bits per heavy atom. The van der Waals surface area contributed by atoms with Gasteiger partial charge in [-0.3, -0.25) is 52.7 Å². The van der Waals surface area contributed by atoms with Gasteiger partial charge in [0, 0.05) is 59.3 Å². The van der Waals surface area contributed by atoms with Gasteiger partial charge < -0.3 is 70.3 Å². The molecule has 0 aromatic heterocycles. The zero-order valence-corrected chi connectivity index (χ0v) is 54.8. The molecule has 4 fully saturated rings. The summed E-state index contributed by atoms with van der Waals surface area (Å²) in [6, 6.07) is -7.33. The minimum atomic E-state index is -1.88. The van der Waals surface area contributed by atoms with Crippen LogP contribution < -0.4 is 32.4 Å². The first-order valence-electron chi connectivity index (χ1n) is 31.0. The number of aromatic nitrogens is 1. The highest BCUT2D eigenvalue weighted by atomic mass is 16.6. The fraction of sp³-hybridized carbons (Fsp3) is 0.619. The number of benzene rings is 2. The maximum absolute atomic E-state index is 15.2. The van der Waals surface area contributed by atoms with Crippen molar-refractivity contribution in [2.45, 2.75) is 176 Å². The Morgan fingerprint density at radius 1 is 0.626 bits per heavy atom. The largest absolute Gasteiger partial charge is 0.458 e. The smallest absolute Gasteiger partial charge is 0.329 e. The SMILES string of the molecule is Cc1c2oc3c(C)ccc(C(=O)NC4C(=O)NC(C(C)C)CC(=O)N5CCCC5C(=O)N(C)CC(=O)N(C)C(C(C)C)C(=O)OC4C)c3nc-2c(C(=O)NC2C(=O)NC(C(C)C)C(=O)N3CCCC3C(=O)N(C)CC(=O)N(C)C(C(C)C)C(=O)OC2C)c(N)c1=O. The Labute approximate surface area is 528 Å². The maximum atomic E-state index is 15.2. The van der Waals surface area contributed by atoms with E-state index in [1.54, 1.807) is 62.3 Å². The number of cyclic esters (lactones) is 2. The molecule has 4 saturated heterocycles. The predicted molar refractivity (Wildman–Crippen MR) is 330 cm³/mol. The van der Waals surface area contributed by atoms with Gasteiger partial charge in [-0.15, -0.1) is 0 Å². The van der Waals surface area contributed by atoms with Gasteiger partial charge in [0.25, 0.3) is 11.8 Å². The van der Waals surface area contributed by atoms with Crippen molar-refractivity contribution >= 4 is 87.8 Å². The van der Waals surface area contributed by atoms with Crippen LogP contribution in [-0.2, 0) is 57.4 Å². The average molecular weight is 1270 g/mol. The predicted octanol–water partition coefficient (Wildman–Crippen LogP) is 1.12. The van der Waals surface area contributed by atoms with Crippen LogP contribution in [0.15, 0.2) is 21.3 Å². The Hall–Kier alpha value is -8.72. The standard InChI is InChI=1S/C63H88N12O16/c1-28(2)37-25-40(76)74-23-17-19-38(74)59(84)70(13)26-41(77)72(15)50(30(5)6)62(87)89-34(11)46(57(82)65-37)68-55(80)36-22-21-32(9)53-48(36)66-49-43(44(64)52(79)33(10)54(49)91-53)56(81)69-47-35(12)90-63(88)51(31(7)8)73(16)42(78)27-71(14)60(85)39-20-18-24-75(39)61(86)45(29(3)4)67-58(47)83/h21-22,28-31,34-35,37-39,45-47,50-51H,17-20,23-27,64H2,1-16H3,(H,65,82)(H,67,83)(H,68,80)(H,69,81). The Balaban J connectivity index is 1.31. The third-order valence-corrected chi connectivity index (χ3v) is 17.9. The van der Waals surface area contributed by atoms with Crippen LogP contribution in [0.25, 0.3) is 22.6 Å². The Bertz CT molecular complexity index is 3440. The molecule has 28 heteroatoms. The van der Waals surface area contributed by atoms with Gasteiger partial charge in [0.2, 0.25) is 52.7 Å². The number of anilines is 1. The van der Waals surface area contributed by atoms with Crippen molar-refractivity contribution in [2.24, 2.45) is 23.7 Å². The summed E-state index contributed by atoms with van der Waals surface area (Å²) in [6.07, 6.45) is -1.77. The van der Waals surface area contributed by atoms with E-state index in [4.69, 9.17) is 24.6 Å². The van der Waals surface area contributed by atoms with Crippen LogP contribution >= 0.6 is 0 Å². The van der Waals surface area contributed by atoms with Crippen LogP contribution in [0.1, 0.15) is 133 Å². The van der Waals surface area contributed by atoms with Crippen molar-refractivity contribution in [2.75, 3.05) is 60.1 Å². The summed E-state index contributed by atoms with van der Waals surface area (Å²) < 4.78 is 18.3. The molecule has 0 spiro atoms. The number of nitrogens with one attached hydrogen (secondary N) is 4. The van der Waals surface area contributed by atoms with E-state index < -0.39 is 185 Å². The average Bonchev–Trinajstić information content (AvgIpc) is 1.11. The summed E-state index contributed by atoms with van der Waals surface area (Å²) in [6.45, 7) is 18.7. The van der Waals surface area contributed by atoms with Gasteiger partial charge in [0.1, 0.15) is 65.7 Å². The highest BCUT2D eigenvalue weighted by Crippen LogP contribution is 2.35. The zero-order valence-electron chi connectivity index (χ0n) is 54.8. The topological polar surface area (TPSA) is 360 Å². The van der Waals surface area contributed by atoms with E-state index in [0.717, 1.165) is 9.80 Å². The highest BCUT2D eigenvalue weighted by molar-refractivity contribution is 6.10. The molecule has 10 atom stereocenters. The van der Waals surface area contributed by atoms with Crippen LogP contribution in [0.3, 0.4) is 0 Å². The van der Waals surface area contributed by atoms with Gasteiger partial charge in [-0.25, -0.2) is 14.6 Å². The Kier molecular flexibility index (Phi) is 21.6. The van der Waals surface area contributed by atoms with E-state index >= 15 is 9.59 Å². The molecule has 91 heavy (non-hydrogen) atoms. The molecule has 7 rings (SSSR count). The normalized spacial score (nSPS) is 26.2. The number of nitrogens with zero attached hydrogens (tertiary/aromatic N) is 7. The van der Waals surface area contributed by atoms with Gasteiger partial charge in [0.05, 0.1) is 29.9 Å². The van der Waals surface area contributed by atoms with Crippen LogP contribution in [0.4, 0.5) is 5.69 Å². The van der Waals surface area contributed by atoms with E-state index in [0.29, 0.717) is 24.8 Å². The third kappa shape index (κ3) is 14.4. The molecule has 0 radical (unpaired) electrons. The van der Waals surface area contributed by atoms with Gasteiger partial charge in [-0.05, 0) is 88.7 Å². The lowest BCUT2D eigenvalue weighted by molar-refractivity contribution is -0.163. The summed E-state index contributed by atoms with van der Waals surface area (Å²) in [5.74, 6) is -11.8. The zero-order chi connectivity index (χ0) is 67.7. The van der Waals surface area contributed by atoms with Crippen molar-refractivity contribution in [1.29, 1.82) is 0 Å². The summed E-state index contributed by atoms with van der Waals surface area (Å²) in [5.41, 5.74) is 3.67. The maximum Gasteiger partial charge on any atom is 0.329 e. The van der Waals surface area contributed by atoms with Crippen molar-refractivity contribution < 1.29 is 71.4 Å². The number of hydrogen-bond acceptors (Lipinski definition) is 18. The molecular formula is C63H88N12O16. The molecule has 10 amide bonds. The molecule has 6 aliphatic rings. The second-order valence-electron chi connectivity index (χ2n) is 25.9. The lowest BCUT2D eigenvalue weighted by Crippen LogP contribution is -2.61. The van der Waals surface area contributed by atoms with Crippen molar-refractivity contribution in [3.05, 3.63) is 44.6 Å². The molecule has 0 bridgehead atoms. The Morgan fingerprint density at radius 2 is 1.11 bits per heavy atom. The fourth-order valence-corrected chi connectivity index (χ4v) is 12.4. The van der Waals surface area contributed by atoms with Crippen LogP contribution in [0, 0.1) is 37.5 Å². The monoisotopic (exact) mass is 1270 g/mol. The molecule has 5 heterocycles. The number of amides is 10. The second-order valence-corrected chi connectivity index (χ2v) is 25.9. The van der Waals surface area contributed by atoms with Gasteiger partial charge in [-0.1, -0.05) is 61.5 Å². The molecule has 28 nitrogen and oxygen atoms in total. The fourth-order valence-electron chi connectivity index (χ4n) is 12.4. The molecule has 5 aliphatic heterocycles. The lowest BCUT2D eigenvalue weighted by Gasteiger charge is -2.36. The van der Waals surface area contributed by atoms with Crippen LogP contribution in [0.2, 0.25) is 0 Å². The quantitative estimate of drug-likeness (QED) is 0.120.